The molecule has 2 rings (SSSR count). The lowest BCUT2D eigenvalue weighted by molar-refractivity contribution is 0.202. The van der Waals surface area contributed by atoms with Crippen molar-refractivity contribution in [1.29, 1.82) is 0 Å². The molecule has 2 heterocycles. The highest BCUT2D eigenvalue weighted by molar-refractivity contribution is 5.74. The van der Waals surface area contributed by atoms with Crippen LogP contribution in [0.1, 0.15) is 26.7 Å². The second kappa shape index (κ2) is 4.67. The molecule has 6 nitrogen and oxygen atoms in total. The Kier molecular flexibility index (Phi) is 3.23. The molecule has 2 aromatic rings. The molecule has 0 unspecified atom stereocenters. The van der Waals surface area contributed by atoms with E-state index in [-0.39, 0.29) is 5.54 Å². The molecule has 0 radical (unpaired) electrons. The normalized spacial score (nSPS) is 11.9. The Morgan fingerprint density at radius 3 is 2.76 bits per heavy atom. The number of imidazole rings is 1. The second-order valence-corrected chi connectivity index (χ2v) is 4.14. The molecule has 0 spiro atoms. The predicted octanol–water partition coefficient (Wildman–Crippen LogP) is 1.25. The third-order valence-corrected chi connectivity index (χ3v) is 3.09. The van der Waals surface area contributed by atoms with Crippen molar-refractivity contribution in [3.8, 4) is 5.88 Å². The number of hydrogen-bond donors (Lipinski definition) is 2. The summed E-state index contributed by atoms with van der Waals surface area (Å²) in [5.74, 6) is 0.504. The summed E-state index contributed by atoms with van der Waals surface area (Å²) in [6.45, 7) is 4.54. The number of rotatable bonds is 5. The van der Waals surface area contributed by atoms with Gasteiger partial charge in [-0.15, -0.1) is 0 Å². The van der Waals surface area contributed by atoms with Crippen LogP contribution < -0.4 is 10.5 Å². The number of ether oxygens (including phenoxy) is 1. The van der Waals surface area contributed by atoms with Crippen LogP contribution in [0.15, 0.2) is 12.7 Å². The molecular weight excluding hydrogens is 218 g/mol. The summed E-state index contributed by atoms with van der Waals surface area (Å²) in [7, 11) is 0. The summed E-state index contributed by atoms with van der Waals surface area (Å²) in [5.41, 5.74) is 7.17. The molecule has 0 saturated heterocycles. The summed E-state index contributed by atoms with van der Waals surface area (Å²) >= 11 is 0. The van der Waals surface area contributed by atoms with Gasteiger partial charge >= 0.3 is 0 Å². The van der Waals surface area contributed by atoms with Crippen LogP contribution >= 0.6 is 0 Å². The van der Waals surface area contributed by atoms with Gasteiger partial charge in [0, 0.05) is 5.54 Å². The molecule has 0 saturated carbocycles. The maximum atomic E-state index is 6.17. The highest BCUT2D eigenvalue weighted by Gasteiger charge is 2.22. The number of nitrogens with one attached hydrogen (secondary N) is 1. The zero-order valence-electron chi connectivity index (χ0n) is 10.1. The minimum absolute atomic E-state index is 0.308. The summed E-state index contributed by atoms with van der Waals surface area (Å²) < 4.78 is 5.68. The van der Waals surface area contributed by atoms with Gasteiger partial charge in [-0.05, 0) is 12.8 Å². The van der Waals surface area contributed by atoms with Gasteiger partial charge in [0.1, 0.15) is 18.5 Å². The number of aromatic amines is 1. The molecule has 0 aliphatic rings. The molecule has 0 bridgehead atoms. The van der Waals surface area contributed by atoms with E-state index in [1.54, 1.807) is 6.33 Å². The highest BCUT2D eigenvalue weighted by atomic mass is 16.5. The van der Waals surface area contributed by atoms with Crippen molar-refractivity contribution in [2.75, 3.05) is 6.61 Å². The van der Waals surface area contributed by atoms with Gasteiger partial charge in [-0.1, -0.05) is 13.8 Å². The average molecular weight is 235 g/mol. The van der Waals surface area contributed by atoms with E-state index < -0.39 is 0 Å². The van der Waals surface area contributed by atoms with Crippen molar-refractivity contribution in [1.82, 2.24) is 19.9 Å². The van der Waals surface area contributed by atoms with Gasteiger partial charge < -0.3 is 15.5 Å². The first-order valence-corrected chi connectivity index (χ1v) is 5.74. The van der Waals surface area contributed by atoms with Gasteiger partial charge in [0.05, 0.1) is 6.33 Å². The quantitative estimate of drug-likeness (QED) is 0.814. The van der Waals surface area contributed by atoms with Crippen LogP contribution in [-0.2, 0) is 0 Å². The molecule has 0 aliphatic heterocycles. The van der Waals surface area contributed by atoms with Crippen molar-refractivity contribution >= 4 is 11.2 Å². The van der Waals surface area contributed by atoms with Crippen molar-refractivity contribution in [3.05, 3.63) is 12.7 Å². The zero-order valence-corrected chi connectivity index (χ0v) is 10.1. The van der Waals surface area contributed by atoms with Gasteiger partial charge in [0.25, 0.3) is 0 Å². The Labute approximate surface area is 99.6 Å². The fourth-order valence-corrected chi connectivity index (χ4v) is 1.52. The molecular formula is C11H17N5O. The minimum atomic E-state index is -0.308. The van der Waals surface area contributed by atoms with E-state index in [0.29, 0.717) is 23.7 Å². The van der Waals surface area contributed by atoms with E-state index in [9.17, 15) is 0 Å². The van der Waals surface area contributed by atoms with Gasteiger partial charge in [0.15, 0.2) is 5.65 Å². The molecule has 0 atom stereocenters. The minimum Gasteiger partial charge on any atom is -0.474 e. The predicted molar refractivity (Wildman–Crippen MR) is 64.7 cm³/mol. The van der Waals surface area contributed by atoms with Gasteiger partial charge in [0.2, 0.25) is 5.88 Å². The number of fused-ring (bicyclic) bond motifs is 1. The largest absolute Gasteiger partial charge is 0.474 e. The van der Waals surface area contributed by atoms with E-state index in [4.69, 9.17) is 10.5 Å². The van der Waals surface area contributed by atoms with Gasteiger partial charge in [-0.2, -0.15) is 4.98 Å². The molecule has 17 heavy (non-hydrogen) atoms. The monoisotopic (exact) mass is 235 g/mol. The van der Waals surface area contributed by atoms with E-state index in [2.05, 4.69) is 33.8 Å². The van der Waals surface area contributed by atoms with Crippen LogP contribution in [0.4, 0.5) is 0 Å². The topological polar surface area (TPSA) is 89.7 Å². The number of hydrogen-bond acceptors (Lipinski definition) is 5. The first-order chi connectivity index (χ1) is 8.18. The Balaban J connectivity index is 2.16. The van der Waals surface area contributed by atoms with Crippen molar-refractivity contribution in [2.24, 2.45) is 5.73 Å². The Morgan fingerprint density at radius 2 is 2.06 bits per heavy atom. The van der Waals surface area contributed by atoms with E-state index >= 15 is 0 Å². The van der Waals surface area contributed by atoms with Crippen LogP contribution in [-0.4, -0.2) is 32.1 Å². The molecule has 0 aliphatic carbocycles. The fourth-order valence-electron chi connectivity index (χ4n) is 1.52. The summed E-state index contributed by atoms with van der Waals surface area (Å²) in [6.07, 6.45) is 4.73. The maximum absolute atomic E-state index is 6.17. The lowest BCUT2D eigenvalue weighted by atomic mass is 9.96. The lowest BCUT2D eigenvalue weighted by Crippen LogP contribution is -2.44. The number of nitrogens with zero attached hydrogens (tertiary/aromatic N) is 3. The number of aromatic nitrogens is 4. The first-order valence-electron chi connectivity index (χ1n) is 5.74. The molecule has 0 amide bonds. The molecule has 92 valence electrons. The SMILES string of the molecule is CCC(N)(CC)COc1ncnc2nc[nH]c12. The van der Waals surface area contributed by atoms with Crippen LogP contribution in [0.5, 0.6) is 5.88 Å². The van der Waals surface area contributed by atoms with Crippen molar-refractivity contribution < 1.29 is 4.74 Å². The Bertz CT molecular complexity index is 491. The third kappa shape index (κ3) is 2.36. The number of H-pyrrole nitrogens is 1. The van der Waals surface area contributed by atoms with Crippen LogP contribution in [0.25, 0.3) is 11.2 Å². The van der Waals surface area contributed by atoms with Gasteiger partial charge in [-0.3, -0.25) is 0 Å². The molecule has 2 aromatic heterocycles. The number of nitrogens with two attached hydrogens (primary N) is 1. The molecule has 0 fully saturated rings. The van der Waals surface area contributed by atoms with E-state index in [1.807, 2.05) is 0 Å². The van der Waals surface area contributed by atoms with Crippen molar-refractivity contribution in [2.45, 2.75) is 32.2 Å². The Hall–Kier alpha value is -1.69. The zero-order chi connectivity index (χ0) is 12.3. The smallest absolute Gasteiger partial charge is 0.243 e. The van der Waals surface area contributed by atoms with Crippen LogP contribution in [0.2, 0.25) is 0 Å². The van der Waals surface area contributed by atoms with E-state index in [0.717, 1.165) is 12.8 Å². The summed E-state index contributed by atoms with van der Waals surface area (Å²) in [5, 5.41) is 0. The van der Waals surface area contributed by atoms with Crippen LogP contribution in [0.3, 0.4) is 0 Å². The highest BCUT2D eigenvalue weighted by Crippen LogP contribution is 2.19. The molecule has 0 aromatic carbocycles. The van der Waals surface area contributed by atoms with E-state index in [1.165, 1.54) is 6.33 Å². The Morgan fingerprint density at radius 1 is 1.29 bits per heavy atom. The molecule has 3 N–H and O–H groups in total. The lowest BCUT2D eigenvalue weighted by Gasteiger charge is -2.26. The van der Waals surface area contributed by atoms with Gasteiger partial charge in [-0.25, -0.2) is 9.97 Å². The summed E-state index contributed by atoms with van der Waals surface area (Å²) in [4.78, 5) is 15.1. The summed E-state index contributed by atoms with van der Waals surface area (Å²) in [6, 6.07) is 0. The fraction of sp³-hybridized carbons (Fsp3) is 0.545. The standard InChI is InChI=1S/C11H17N5O/c1-3-11(12,4-2)5-17-10-8-9(14-6-13-8)15-7-16-10/h6-7H,3-5,12H2,1-2H3,(H,13,14,15,16). The maximum Gasteiger partial charge on any atom is 0.243 e. The average Bonchev–Trinajstić information content (AvgIpc) is 2.84. The molecule has 6 heteroatoms. The first kappa shape index (κ1) is 11.8. The van der Waals surface area contributed by atoms with Crippen LogP contribution in [0, 0.1) is 0 Å². The second-order valence-electron chi connectivity index (χ2n) is 4.14. The third-order valence-electron chi connectivity index (χ3n) is 3.09. The van der Waals surface area contributed by atoms with Crippen molar-refractivity contribution in [3.63, 3.8) is 0 Å².